The molecule has 0 spiro atoms. The average molecular weight is 304 g/mol. The highest BCUT2D eigenvalue weighted by atomic mass is 16.5. The Kier molecular flexibility index (Phi) is 4.55. The monoisotopic (exact) mass is 304 g/mol. The van der Waals surface area contributed by atoms with Crippen LogP contribution in [0.4, 0.5) is 11.8 Å². The zero-order valence-corrected chi connectivity index (χ0v) is 12.3. The zero-order chi connectivity index (χ0) is 15.4. The van der Waals surface area contributed by atoms with E-state index in [0.29, 0.717) is 25.5 Å². The van der Waals surface area contributed by atoms with Crippen LogP contribution in [0, 0.1) is 0 Å². The molecule has 7 heteroatoms. The molecule has 1 aliphatic heterocycles. The molecule has 118 valence electrons. The van der Waals surface area contributed by atoms with Gasteiger partial charge in [-0.2, -0.15) is 4.98 Å². The molecule has 3 N–H and O–H groups in total. The normalized spacial score (nSPS) is 17.8. The molecule has 3 rings (SSSR count). The maximum atomic E-state index is 9.31. The van der Waals surface area contributed by atoms with E-state index in [4.69, 9.17) is 14.9 Å². The summed E-state index contributed by atoms with van der Waals surface area (Å²) in [4.78, 5) is 10.6. The number of hydrogen-bond acceptors (Lipinski definition) is 7. The van der Waals surface area contributed by atoms with Crippen molar-refractivity contribution in [2.24, 2.45) is 0 Å². The Hall–Kier alpha value is -2.12. The number of furan rings is 1. The maximum Gasteiger partial charge on any atom is 0.222 e. The molecule has 0 saturated carbocycles. The van der Waals surface area contributed by atoms with Crippen LogP contribution in [-0.2, 0) is 11.3 Å². The number of hydrogen-bond donors (Lipinski definition) is 2. The minimum absolute atomic E-state index is 0.0203. The van der Waals surface area contributed by atoms with Crippen molar-refractivity contribution in [1.82, 2.24) is 9.97 Å². The first-order chi connectivity index (χ1) is 10.8. The van der Waals surface area contributed by atoms with Gasteiger partial charge in [0.25, 0.3) is 0 Å². The summed E-state index contributed by atoms with van der Waals surface area (Å²) >= 11 is 0. The van der Waals surface area contributed by atoms with Crippen LogP contribution in [0.25, 0.3) is 0 Å². The summed E-state index contributed by atoms with van der Waals surface area (Å²) < 4.78 is 10.8. The second-order valence-corrected chi connectivity index (χ2v) is 5.29. The first kappa shape index (κ1) is 14.8. The number of nitrogens with two attached hydrogens (primary N) is 1. The van der Waals surface area contributed by atoms with Crippen LogP contribution in [0.3, 0.4) is 0 Å². The van der Waals surface area contributed by atoms with E-state index >= 15 is 0 Å². The van der Waals surface area contributed by atoms with Gasteiger partial charge in [0.1, 0.15) is 11.6 Å². The zero-order valence-electron chi connectivity index (χ0n) is 12.3. The molecule has 0 unspecified atom stereocenters. The third kappa shape index (κ3) is 3.37. The molecule has 1 atom stereocenters. The number of anilines is 2. The standard InChI is InChI=1S/C15H20N4O3/c16-15-17-13(11-3-7-21-10-11)8-14(18-15)19(4-5-20)9-12-2-1-6-22-12/h1-2,6,8,11,20H,3-5,7,9-10H2,(H2,16,17,18)/t11-/m0/s1. The second-order valence-electron chi connectivity index (χ2n) is 5.29. The van der Waals surface area contributed by atoms with Gasteiger partial charge in [-0.05, 0) is 18.6 Å². The summed E-state index contributed by atoms with van der Waals surface area (Å²) in [5.74, 6) is 1.99. The molecule has 1 saturated heterocycles. The van der Waals surface area contributed by atoms with Gasteiger partial charge in [-0.1, -0.05) is 0 Å². The second kappa shape index (κ2) is 6.76. The average Bonchev–Trinajstić information content (AvgIpc) is 3.20. The molecular formula is C15H20N4O3. The van der Waals surface area contributed by atoms with Crippen LogP contribution >= 0.6 is 0 Å². The van der Waals surface area contributed by atoms with Gasteiger partial charge in [0, 0.05) is 25.1 Å². The molecular weight excluding hydrogens is 284 g/mol. The number of aromatic nitrogens is 2. The van der Waals surface area contributed by atoms with Crippen molar-refractivity contribution in [3.63, 3.8) is 0 Å². The van der Waals surface area contributed by atoms with Gasteiger partial charge in [-0.25, -0.2) is 4.98 Å². The van der Waals surface area contributed by atoms with Gasteiger partial charge in [0.05, 0.1) is 31.7 Å². The van der Waals surface area contributed by atoms with Crippen molar-refractivity contribution in [1.29, 1.82) is 0 Å². The molecule has 0 aliphatic carbocycles. The van der Waals surface area contributed by atoms with Crippen LogP contribution in [0.5, 0.6) is 0 Å². The molecule has 0 bridgehead atoms. The highest BCUT2D eigenvalue weighted by Gasteiger charge is 2.22. The predicted octanol–water partition coefficient (Wildman–Crippen LogP) is 1.15. The Morgan fingerprint density at radius 3 is 3.00 bits per heavy atom. The lowest BCUT2D eigenvalue weighted by Crippen LogP contribution is -2.27. The quantitative estimate of drug-likeness (QED) is 0.826. The topological polar surface area (TPSA) is 97.6 Å². The van der Waals surface area contributed by atoms with Crippen LogP contribution in [0.2, 0.25) is 0 Å². The third-order valence-electron chi connectivity index (χ3n) is 3.72. The number of nitrogen functional groups attached to an aromatic ring is 1. The number of ether oxygens (including phenoxy) is 1. The van der Waals surface area contributed by atoms with E-state index in [2.05, 4.69) is 9.97 Å². The van der Waals surface area contributed by atoms with Crippen LogP contribution in [0.15, 0.2) is 28.9 Å². The van der Waals surface area contributed by atoms with Crippen molar-refractivity contribution in [2.45, 2.75) is 18.9 Å². The highest BCUT2D eigenvalue weighted by Crippen LogP contribution is 2.27. The minimum atomic E-state index is 0.0203. The van der Waals surface area contributed by atoms with Crippen LogP contribution in [-0.4, -0.2) is 41.4 Å². The van der Waals surface area contributed by atoms with Gasteiger partial charge in [0.2, 0.25) is 5.95 Å². The Labute approximate surface area is 128 Å². The number of rotatable bonds is 6. The van der Waals surface area contributed by atoms with Crippen molar-refractivity contribution < 1.29 is 14.3 Å². The first-order valence-corrected chi connectivity index (χ1v) is 7.36. The van der Waals surface area contributed by atoms with Gasteiger partial charge < -0.3 is 24.9 Å². The molecule has 1 fully saturated rings. The lowest BCUT2D eigenvalue weighted by molar-refractivity contribution is 0.193. The minimum Gasteiger partial charge on any atom is -0.467 e. The summed E-state index contributed by atoms with van der Waals surface area (Å²) in [6.45, 7) is 2.39. The lowest BCUT2D eigenvalue weighted by Gasteiger charge is -2.23. The third-order valence-corrected chi connectivity index (χ3v) is 3.72. The molecule has 0 aromatic carbocycles. The van der Waals surface area contributed by atoms with E-state index in [-0.39, 0.29) is 18.5 Å². The maximum absolute atomic E-state index is 9.31. The number of aliphatic hydroxyl groups excluding tert-OH is 1. The summed E-state index contributed by atoms with van der Waals surface area (Å²) in [6, 6.07) is 5.65. The molecule has 0 radical (unpaired) electrons. The van der Waals surface area contributed by atoms with Gasteiger partial charge in [0.15, 0.2) is 0 Å². The van der Waals surface area contributed by atoms with E-state index in [1.807, 2.05) is 23.1 Å². The van der Waals surface area contributed by atoms with Crippen molar-refractivity contribution in [3.05, 3.63) is 35.9 Å². The molecule has 3 heterocycles. The molecule has 0 amide bonds. The number of nitrogens with zero attached hydrogens (tertiary/aromatic N) is 3. The Bertz CT molecular complexity index is 597. The van der Waals surface area contributed by atoms with Crippen molar-refractivity contribution >= 4 is 11.8 Å². The van der Waals surface area contributed by atoms with E-state index in [1.165, 1.54) is 0 Å². The van der Waals surface area contributed by atoms with Crippen LogP contribution in [0.1, 0.15) is 23.8 Å². The van der Waals surface area contributed by atoms with E-state index < -0.39 is 0 Å². The molecule has 2 aromatic heterocycles. The smallest absolute Gasteiger partial charge is 0.222 e. The largest absolute Gasteiger partial charge is 0.467 e. The van der Waals surface area contributed by atoms with Crippen LogP contribution < -0.4 is 10.6 Å². The van der Waals surface area contributed by atoms with E-state index in [0.717, 1.165) is 24.5 Å². The first-order valence-electron chi connectivity index (χ1n) is 7.36. The van der Waals surface area contributed by atoms with Gasteiger partial charge in [-0.3, -0.25) is 0 Å². The van der Waals surface area contributed by atoms with Crippen molar-refractivity contribution in [3.8, 4) is 0 Å². The van der Waals surface area contributed by atoms with Gasteiger partial charge in [-0.15, -0.1) is 0 Å². The summed E-state index contributed by atoms with van der Waals surface area (Å²) in [7, 11) is 0. The fraction of sp³-hybridized carbons (Fsp3) is 0.467. The molecule has 2 aromatic rings. The fourth-order valence-corrected chi connectivity index (χ4v) is 2.60. The summed E-state index contributed by atoms with van der Waals surface area (Å²) in [5, 5.41) is 9.31. The van der Waals surface area contributed by atoms with Gasteiger partial charge >= 0.3 is 0 Å². The summed E-state index contributed by atoms with van der Waals surface area (Å²) in [6.07, 6.45) is 2.57. The van der Waals surface area contributed by atoms with E-state index in [1.54, 1.807) is 6.26 Å². The molecule has 1 aliphatic rings. The summed E-state index contributed by atoms with van der Waals surface area (Å²) in [5.41, 5.74) is 6.75. The van der Waals surface area contributed by atoms with E-state index in [9.17, 15) is 5.11 Å². The molecule has 7 nitrogen and oxygen atoms in total. The fourth-order valence-electron chi connectivity index (χ4n) is 2.60. The Morgan fingerprint density at radius 1 is 1.41 bits per heavy atom. The van der Waals surface area contributed by atoms with Crippen molar-refractivity contribution in [2.75, 3.05) is 37.0 Å². The molecule has 22 heavy (non-hydrogen) atoms. The Morgan fingerprint density at radius 2 is 2.32 bits per heavy atom. The Balaban J connectivity index is 1.85. The lowest BCUT2D eigenvalue weighted by atomic mass is 10.0. The highest BCUT2D eigenvalue weighted by molar-refractivity contribution is 5.44. The predicted molar refractivity (Wildman–Crippen MR) is 81.5 cm³/mol. The number of aliphatic hydroxyl groups is 1. The SMILES string of the molecule is Nc1nc([C@H]2CCOC2)cc(N(CCO)Cc2ccco2)n1.